The standard InChI is InChI=1S/C19H27NO5/c1-3-24-18(21)16(11-23-2)25-19(22)20-17-14-8-4-6-12(14)10-13-7-5-9-15(13)17/h10,16,19-20,22H,3-9,11H2,1-2H3/t16-,19?/m1/s1. The Kier molecular flexibility index (Phi) is 5.93. The van der Waals surface area contributed by atoms with E-state index in [4.69, 9.17) is 14.2 Å². The number of carbonyl (C=O) groups excluding carboxylic acids is 1. The Morgan fingerprint density at radius 2 is 1.84 bits per heavy atom. The maximum atomic E-state index is 11.9. The predicted octanol–water partition coefficient (Wildman–Crippen LogP) is 1.95. The first-order valence-corrected chi connectivity index (χ1v) is 9.06. The van der Waals surface area contributed by atoms with E-state index in [-0.39, 0.29) is 13.2 Å². The highest BCUT2D eigenvalue weighted by Gasteiger charge is 2.28. The van der Waals surface area contributed by atoms with Crippen molar-refractivity contribution in [1.29, 1.82) is 0 Å². The molecule has 1 aromatic rings. The van der Waals surface area contributed by atoms with Crippen molar-refractivity contribution >= 4 is 11.7 Å². The van der Waals surface area contributed by atoms with Crippen molar-refractivity contribution in [2.45, 2.75) is 58.0 Å². The van der Waals surface area contributed by atoms with Crippen LogP contribution in [0.25, 0.3) is 0 Å². The fourth-order valence-corrected chi connectivity index (χ4v) is 3.85. The Hall–Kier alpha value is -1.63. The van der Waals surface area contributed by atoms with E-state index in [9.17, 15) is 9.90 Å². The van der Waals surface area contributed by atoms with Gasteiger partial charge in [0.05, 0.1) is 13.2 Å². The molecule has 0 radical (unpaired) electrons. The van der Waals surface area contributed by atoms with E-state index in [2.05, 4.69) is 11.4 Å². The summed E-state index contributed by atoms with van der Waals surface area (Å²) in [4.78, 5) is 11.9. The lowest BCUT2D eigenvalue weighted by Gasteiger charge is -2.24. The zero-order valence-corrected chi connectivity index (χ0v) is 15.0. The third-order valence-corrected chi connectivity index (χ3v) is 4.90. The normalized spacial score (nSPS) is 17.7. The van der Waals surface area contributed by atoms with Gasteiger partial charge in [0.15, 0.2) is 6.10 Å². The molecule has 3 rings (SSSR count). The maximum Gasteiger partial charge on any atom is 0.337 e. The molecule has 2 aliphatic rings. The number of ether oxygens (including phenoxy) is 3. The highest BCUT2D eigenvalue weighted by Crippen LogP contribution is 2.38. The number of hydrogen-bond donors (Lipinski definition) is 2. The highest BCUT2D eigenvalue weighted by atomic mass is 16.7. The van der Waals surface area contributed by atoms with E-state index in [0.29, 0.717) is 0 Å². The van der Waals surface area contributed by atoms with Crippen molar-refractivity contribution in [3.63, 3.8) is 0 Å². The molecule has 0 heterocycles. The van der Waals surface area contributed by atoms with Crippen LogP contribution in [0, 0.1) is 0 Å². The fraction of sp³-hybridized carbons (Fsp3) is 0.632. The van der Waals surface area contributed by atoms with Crippen LogP contribution < -0.4 is 5.32 Å². The summed E-state index contributed by atoms with van der Waals surface area (Å²) in [5, 5.41) is 13.5. The molecular weight excluding hydrogens is 322 g/mol. The number of hydrogen-bond acceptors (Lipinski definition) is 6. The van der Waals surface area contributed by atoms with Gasteiger partial charge in [-0.15, -0.1) is 0 Å². The molecule has 0 aliphatic heterocycles. The summed E-state index contributed by atoms with van der Waals surface area (Å²) in [6, 6.07) is 2.33. The number of rotatable bonds is 8. The molecule has 0 aromatic heterocycles. The summed E-state index contributed by atoms with van der Waals surface area (Å²) in [7, 11) is 1.48. The van der Waals surface area contributed by atoms with Gasteiger partial charge in [0.25, 0.3) is 0 Å². The van der Waals surface area contributed by atoms with Gasteiger partial charge in [-0.25, -0.2) is 4.79 Å². The monoisotopic (exact) mass is 349 g/mol. The number of nitrogens with one attached hydrogen (secondary N) is 1. The van der Waals surface area contributed by atoms with Crippen molar-refractivity contribution < 1.29 is 24.1 Å². The van der Waals surface area contributed by atoms with Gasteiger partial charge in [0.2, 0.25) is 6.41 Å². The number of benzene rings is 1. The van der Waals surface area contributed by atoms with E-state index >= 15 is 0 Å². The van der Waals surface area contributed by atoms with Gasteiger partial charge in [-0.2, -0.15) is 0 Å². The molecule has 25 heavy (non-hydrogen) atoms. The lowest BCUT2D eigenvalue weighted by atomic mass is 9.99. The molecule has 0 spiro atoms. The third kappa shape index (κ3) is 3.97. The van der Waals surface area contributed by atoms with Crippen LogP contribution >= 0.6 is 0 Å². The Morgan fingerprint density at radius 1 is 1.20 bits per heavy atom. The Bertz CT molecular complexity index is 598. The van der Waals surface area contributed by atoms with Crippen LogP contribution in [0.4, 0.5) is 5.69 Å². The van der Waals surface area contributed by atoms with Crippen LogP contribution in [-0.2, 0) is 44.7 Å². The third-order valence-electron chi connectivity index (χ3n) is 4.90. The molecule has 0 fully saturated rings. The Morgan fingerprint density at radius 3 is 2.40 bits per heavy atom. The number of fused-ring (bicyclic) bond motifs is 2. The molecule has 0 saturated carbocycles. The number of aliphatic hydroxyl groups excluding tert-OH is 1. The van der Waals surface area contributed by atoms with Crippen molar-refractivity contribution in [2.24, 2.45) is 0 Å². The fourth-order valence-electron chi connectivity index (χ4n) is 3.85. The molecule has 2 aliphatic carbocycles. The Labute approximate surface area is 148 Å². The summed E-state index contributed by atoms with van der Waals surface area (Å²) in [5.41, 5.74) is 6.30. The minimum Gasteiger partial charge on any atom is -0.464 e. The van der Waals surface area contributed by atoms with Gasteiger partial charge in [-0.3, -0.25) is 0 Å². The lowest BCUT2D eigenvalue weighted by molar-refractivity contribution is -0.180. The zero-order chi connectivity index (χ0) is 17.8. The molecule has 2 N–H and O–H groups in total. The average molecular weight is 349 g/mol. The second-order valence-corrected chi connectivity index (χ2v) is 6.56. The number of carbonyl (C=O) groups is 1. The lowest BCUT2D eigenvalue weighted by Crippen LogP contribution is -2.38. The number of esters is 1. The zero-order valence-electron chi connectivity index (χ0n) is 15.0. The molecule has 6 heteroatoms. The van der Waals surface area contributed by atoms with E-state index in [1.807, 2.05) is 0 Å². The summed E-state index contributed by atoms with van der Waals surface area (Å²) in [6.07, 6.45) is 4.22. The highest BCUT2D eigenvalue weighted by molar-refractivity contribution is 5.75. The van der Waals surface area contributed by atoms with Crippen LogP contribution in [0.1, 0.15) is 42.0 Å². The van der Waals surface area contributed by atoms with Crippen molar-refractivity contribution in [3.8, 4) is 0 Å². The van der Waals surface area contributed by atoms with Crippen LogP contribution in [0.15, 0.2) is 6.07 Å². The topological polar surface area (TPSA) is 77.0 Å². The first-order valence-electron chi connectivity index (χ1n) is 9.06. The average Bonchev–Trinajstić information content (AvgIpc) is 3.23. The second-order valence-electron chi connectivity index (χ2n) is 6.56. The largest absolute Gasteiger partial charge is 0.464 e. The number of aliphatic hydroxyl groups is 1. The van der Waals surface area contributed by atoms with Crippen LogP contribution in [0.3, 0.4) is 0 Å². The van der Waals surface area contributed by atoms with Crippen molar-refractivity contribution in [3.05, 3.63) is 28.3 Å². The SMILES string of the molecule is CCOC(=O)[C@@H](COC)OC(O)Nc1c2c(cc3c1CCC3)CCC2. The van der Waals surface area contributed by atoms with Gasteiger partial charge in [0.1, 0.15) is 0 Å². The van der Waals surface area contributed by atoms with E-state index < -0.39 is 18.5 Å². The molecule has 0 saturated heterocycles. The minimum absolute atomic E-state index is 0.0303. The van der Waals surface area contributed by atoms with Crippen LogP contribution in [0.5, 0.6) is 0 Å². The van der Waals surface area contributed by atoms with Crippen molar-refractivity contribution in [1.82, 2.24) is 0 Å². The molecule has 1 unspecified atom stereocenters. The first kappa shape index (κ1) is 18.2. The summed E-state index contributed by atoms with van der Waals surface area (Å²) in [6.45, 7) is 2.02. The Balaban J connectivity index is 1.75. The van der Waals surface area contributed by atoms with Gasteiger partial charge >= 0.3 is 5.97 Å². The number of anilines is 1. The molecule has 2 atom stereocenters. The first-order chi connectivity index (χ1) is 12.1. The predicted molar refractivity (Wildman–Crippen MR) is 93.5 cm³/mol. The van der Waals surface area contributed by atoms with Gasteiger partial charge in [0, 0.05) is 12.8 Å². The van der Waals surface area contributed by atoms with E-state index in [1.165, 1.54) is 29.4 Å². The van der Waals surface area contributed by atoms with E-state index in [0.717, 1.165) is 44.2 Å². The number of methoxy groups -OCH3 is 1. The van der Waals surface area contributed by atoms with Gasteiger partial charge in [-0.05, 0) is 67.7 Å². The van der Waals surface area contributed by atoms with Crippen LogP contribution in [-0.4, -0.2) is 43.9 Å². The number of aryl methyl sites for hydroxylation is 2. The van der Waals surface area contributed by atoms with E-state index in [1.54, 1.807) is 6.92 Å². The smallest absolute Gasteiger partial charge is 0.337 e. The molecule has 138 valence electrons. The maximum absolute atomic E-state index is 11.9. The summed E-state index contributed by atoms with van der Waals surface area (Å²) < 4.78 is 15.5. The minimum atomic E-state index is -1.29. The molecule has 0 bridgehead atoms. The van der Waals surface area contributed by atoms with Crippen LogP contribution in [0.2, 0.25) is 0 Å². The second kappa shape index (κ2) is 8.17. The summed E-state index contributed by atoms with van der Waals surface area (Å²) >= 11 is 0. The van der Waals surface area contributed by atoms with Gasteiger partial charge in [-0.1, -0.05) is 6.07 Å². The summed E-state index contributed by atoms with van der Waals surface area (Å²) in [5.74, 6) is -0.534. The molecule has 1 aromatic carbocycles. The quantitative estimate of drug-likeness (QED) is 0.552. The van der Waals surface area contributed by atoms with Crippen molar-refractivity contribution in [2.75, 3.05) is 25.6 Å². The molecule has 0 amide bonds. The van der Waals surface area contributed by atoms with Gasteiger partial charge < -0.3 is 24.6 Å². The molecular formula is C19H27NO5. The molecule has 6 nitrogen and oxygen atoms in total.